The van der Waals surface area contributed by atoms with E-state index in [4.69, 9.17) is 4.74 Å². The largest absolute Gasteiger partial charge is 0.495 e. The fraction of sp³-hybridized carbons (Fsp3) is 0.440. The zero-order chi connectivity index (χ0) is 22.6. The van der Waals surface area contributed by atoms with Gasteiger partial charge in [-0.25, -0.2) is 4.79 Å². The first-order valence-corrected chi connectivity index (χ1v) is 11.2. The first-order valence-electron chi connectivity index (χ1n) is 11.2. The molecule has 7 heteroatoms. The molecule has 2 aromatic rings. The molecule has 7 nitrogen and oxygen atoms in total. The number of carbonyl (C=O) groups excluding carboxylic acids is 1. The Morgan fingerprint density at radius 1 is 1.03 bits per heavy atom. The van der Waals surface area contributed by atoms with Crippen LogP contribution in [0.2, 0.25) is 0 Å². The number of anilines is 2. The van der Waals surface area contributed by atoms with Crippen molar-refractivity contribution >= 4 is 17.4 Å². The van der Waals surface area contributed by atoms with Gasteiger partial charge in [-0.2, -0.15) is 5.26 Å². The van der Waals surface area contributed by atoms with E-state index >= 15 is 0 Å². The van der Waals surface area contributed by atoms with Crippen LogP contribution in [0.3, 0.4) is 0 Å². The second-order valence-electron chi connectivity index (χ2n) is 8.65. The molecule has 0 saturated carbocycles. The minimum Gasteiger partial charge on any atom is -0.495 e. The number of piperidine rings is 1. The van der Waals surface area contributed by atoms with Gasteiger partial charge in [-0.3, -0.25) is 0 Å². The molecule has 0 atom stereocenters. The van der Waals surface area contributed by atoms with Gasteiger partial charge in [-0.15, -0.1) is 0 Å². The Balaban J connectivity index is 1.42. The summed E-state index contributed by atoms with van der Waals surface area (Å²) in [4.78, 5) is 19.4. The number of methoxy groups -OCH3 is 1. The Kier molecular flexibility index (Phi) is 6.52. The molecule has 2 amide bonds. The number of amides is 2. The molecule has 0 aromatic heterocycles. The van der Waals surface area contributed by atoms with Crippen molar-refractivity contribution in [2.45, 2.75) is 18.3 Å². The van der Waals surface area contributed by atoms with E-state index in [1.54, 1.807) is 12.0 Å². The van der Waals surface area contributed by atoms with Crippen LogP contribution in [-0.4, -0.2) is 69.3 Å². The number of rotatable bonds is 4. The standard InChI is InChI=1S/C25H31N5O2/c1-28-14-16-29(17-15-28)22-18-21(8-9-23(22)32-2)27-24(31)30-12-10-25(19-26,11-13-30)20-6-4-3-5-7-20/h3-9,18H,10-17H2,1-2H3,(H,27,31). The van der Waals surface area contributed by atoms with E-state index < -0.39 is 5.41 Å². The van der Waals surface area contributed by atoms with Crippen LogP contribution in [0.1, 0.15) is 18.4 Å². The lowest BCUT2D eigenvalue weighted by Gasteiger charge is -2.37. The summed E-state index contributed by atoms with van der Waals surface area (Å²) in [7, 11) is 3.80. The molecular formula is C25H31N5O2. The summed E-state index contributed by atoms with van der Waals surface area (Å²) in [6, 6.07) is 18.1. The lowest BCUT2D eigenvalue weighted by molar-refractivity contribution is 0.183. The summed E-state index contributed by atoms with van der Waals surface area (Å²) < 4.78 is 5.57. The predicted molar refractivity (Wildman–Crippen MR) is 126 cm³/mol. The molecule has 0 spiro atoms. The Morgan fingerprint density at radius 3 is 2.34 bits per heavy atom. The molecule has 2 aliphatic rings. The first kappa shape index (κ1) is 22.0. The van der Waals surface area contributed by atoms with E-state index in [9.17, 15) is 10.1 Å². The Bertz CT molecular complexity index is 972. The highest BCUT2D eigenvalue weighted by atomic mass is 16.5. The fourth-order valence-electron chi connectivity index (χ4n) is 4.58. The van der Waals surface area contributed by atoms with Crippen molar-refractivity contribution in [2.75, 3.05) is 63.6 Å². The minimum atomic E-state index is -0.521. The van der Waals surface area contributed by atoms with Gasteiger partial charge >= 0.3 is 6.03 Å². The van der Waals surface area contributed by atoms with E-state index in [1.165, 1.54) is 0 Å². The third-order valence-corrected chi connectivity index (χ3v) is 6.72. The van der Waals surface area contributed by atoms with Crippen molar-refractivity contribution in [3.63, 3.8) is 0 Å². The van der Waals surface area contributed by atoms with Gasteiger partial charge < -0.3 is 24.8 Å². The van der Waals surface area contributed by atoms with Crippen LogP contribution in [0.4, 0.5) is 16.2 Å². The molecule has 2 fully saturated rings. The number of nitrogens with zero attached hydrogens (tertiary/aromatic N) is 4. The number of urea groups is 1. The second-order valence-corrected chi connectivity index (χ2v) is 8.65. The average Bonchev–Trinajstić information content (AvgIpc) is 2.85. The number of hydrogen-bond donors (Lipinski definition) is 1. The monoisotopic (exact) mass is 433 g/mol. The minimum absolute atomic E-state index is 0.126. The second kappa shape index (κ2) is 9.49. The van der Waals surface area contributed by atoms with Crippen LogP contribution in [0, 0.1) is 11.3 Å². The summed E-state index contributed by atoms with van der Waals surface area (Å²) in [5, 5.41) is 12.9. The maximum Gasteiger partial charge on any atom is 0.321 e. The molecule has 168 valence electrons. The lowest BCUT2D eigenvalue weighted by Crippen LogP contribution is -2.46. The van der Waals surface area contributed by atoms with E-state index in [0.717, 1.165) is 48.9 Å². The van der Waals surface area contributed by atoms with Crippen LogP contribution in [0.25, 0.3) is 0 Å². The Labute approximate surface area is 190 Å². The predicted octanol–water partition coefficient (Wildman–Crippen LogP) is 3.54. The zero-order valence-corrected chi connectivity index (χ0v) is 18.9. The molecule has 32 heavy (non-hydrogen) atoms. The summed E-state index contributed by atoms with van der Waals surface area (Å²) in [6.45, 7) is 4.94. The van der Waals surface area contributed by atoms with Gasteiger partial charge in [-0.1, -0.05) is 30.3 Å². The van der Waals surface area contributed by atoms with Crippen LogP contribution in [0.15, 0.2) is 48.5 Å². The van der Waals surface area contributed by atoms with E-state index in [2.05, 4.69) is 28.2 Å². The number of hydrogen-bond acceptors (Lipinski definition) is 5. The van der Waals surface area contributed by atoms with Crippen LogP contribution >= 0.6 is 0 Å². The van der Waals surface area contributed by atoms with Gasteiger partial charge in [0.05, 0.1) is 24.3 Å². The highest BCUT2D eigenvalue weighted by molar-refractivity contribution is 5.90. The maximum atomic E-state index is 13.0. The summed E-state index contributed by atoms with van der Waals surface area (Å²) in [5.74, 6) is 0.812. The molecule has 0 aliphatic carbocycles. The smallest absolute Gasteiger partial charge is 0.321 e. The third kappa shape index (κ3) is 4.51. The first-order chi connectivity index (χ1) is 15.5. The van der Waals surface area contributed by atoms with Crippen molar-refractivity contribution in [3.05, 3.63) is 54.1 Å². The third-order valence-electron chi connectivity index (χ3n) is 6.72. The lowest BCUT2D eigenvalue weighted by atomic mass is 9.74. The molecule has 2 aliphatic heterocycles. The molecule has 0 radical (unpaired) electrons. The number of nitriles is 1. The zero-order valence-electron chi connectivity index (χ0n) is 18.9. The molecule has 2 heterocycles. The average molecular weight is 434 g/mol. The molecule has 1 N–H and O–H groups in total. The van der Waals surface area contributed by atoms with Crippen LogP contribution < -0.4 is 15.0 Å². The highest BCUT2D eigenvalue weighted by Gasteiger charge is 2.37. The van der Waals surface area contributed by atoms with Crippen molar-refractivity contribution < 1.29 is 9.53 Å². The quantitative estimate of drug-likeness (QED) is 0.799. The topological polar surface area (TPSA) is 71.8 Å². The van der Waals surface area contributed by atoms with Gasteiger partial charge in [0.1, 0.15) is 5.75 Å². The number of nitrogens with one attached hydrogen (secondary N) is 1. The number of likely N-dealkylation sites (N-methyl/N-ethyl adjacent to an activating group) is 1. The van der Waals surface area contributed by atoms with E-state index in [-0.39, 0.29) is 6.03 Å². The van der Waals surface area contributed by atoms with Crippen LogP contribution in [-0.2, 0) is 5.41 Å². The van der Waals surface area contributed by atoms with E-state index in [0.29, 0.717) is 25.9 Å². The fourth-order valence-corrected chi connectivity index (χ4v) is 4.58. The normalized spacial score (nSPS) is 18.7. The molecule has 4 rings (SSSR count). The number of carbonyl (C=O) groups is 1. The number of benzene rings is 2. The van der Waals surface area contributed by atoms with Crippen LogP contribution in [0.5, 0.6) is 5.75 Å². The van der Waals surface area contributed by atoms with Crippen molar-refractivity contribution in [3.8, 4) is 11.8 Å². The summed E-state index contributed by atoms with van der Waals surface area (Å²) >= 11 is 0. The van der Waals surface area contributed by atoms with Gasteiger partial charge in [0.15, 0.2) is 0 Å². The SMILES string of the molecule is COc1ccc(NC(=O)N2CCC(C#N)(c3ccccc3)CC2)cc1N1CCN(C)CC1. The summed E-state index contributed by atoms with van der Waals surface area (Å²) in [6.07, 6.45) is 1.27. The molecule has 0 bridgehead atoms. The van der Waals surface area contributed by atoms with Gasteiger partial charge in [0, 0.05) is 45.0 Å². The molecule has 0 unspecified atom stereocenters. The van der Waals surface area contributed by atoms with Gasteiger partial charge in [0.25, 0.3) is 0 Å². The van der Waals surface area contributed by atoms with E-state index in [1.807, 2.05) is 48.5 Å². The van der Waals surface area contributed by atoms with Crippen molar-refractivity contribution in [2.24, 2.45) is 0 Å². The summed E-state index contributed by atoms with van der Waals surface area (Å²) in [5.41, 5.74) is 2.27. The molecule has 2 saturated heterocycles. The Hall–Kier alpha value is -3.24. The number of likely N-dealkylation sites (tertiary alicyclic amines) is 1. The number of piperazine rings is 1. The van der Waals surface area contributed by atoms with Gasteiger partial charge in [-0.05, 0) is 43.7 Å². The Morgan fingerprint density at radius 2 is 1.72 bits per heavy atom. The van der Waals surface area contributed by atoms with Crippen molar-refractivity contribution in [1.82, 2.24) is 9.80 Å². The van der Waals surface area contributed by atoms with Gasteiger partial charge in [0.2, 0.25) is 0 Å². The van der Waals surface area contributed by atoms with Crippen molar-refractivity contribution in [1.29, 1.82) is 5.26 Å². The molecular weight excluding hydrogens is 402 g/mol. The maximum absolute atomic E-state index is 13.0. The molecule has 2 aromatic carbocycles. The highest BCUT2D eigenvalue weighted by Crippen LogP contribution is 2.36. The number of ether oxygens (including phenoxy) is 1.